The Morgan fingerprint density at radius 1 is 0.577 bits per heavy atom. The molecule has 0 aliphatic rings. The predicted molar refractivity (Wildman–Crippen MR) is 82.8 cm³/mol. The van der Waals surface area contributed by atoms with Crippen molar-refractivity contribution in [2.45, 2.75) is 0 Å². The molecule has 3 rings (SSSR count). The molecule has 0 saturated heterocycles. The summed E-state index contributed by atoms with van der Waals surface area (Å²) in [6.45, 7) is 0. The Kier molecular flexibility index (Phi) is 6.25. The van der Waals surface area contributed by atoms with Crippen LogP contribution in [-0.4, -0.2) is 11.9 Å². The summed E-state index contributed by atoms with van der Waals surface area (Å²) in [7, 11) is 0. The van der Waals surface area contributed by atoms with Gasteiger partial charge in [0.25, 0.3) is 0 Å². The van der Waals surface area contributed by atoms with Gasteiger partial charge in [-0.05, 0) is 0 Å². The SMILES string of the molecule is O=C([O-])c1ccccc1[I-]c1ccc([I-]c2ccccc2C(=O)[O-])cc1. The van der Waals surface area contributed by atoms with Gasteiger partial charge in [0.15, 0.2) is 0 Å². The summed E-state index contributed by atoms with van der Waals surface area (Å²) < 4.78 is 3.82. The number of hydrogen-bond donors (Lipinski definition) is 0. The van der Waals surface area contributed by atoms with Crippen LogP contribution < -0.4 is 52.6 Å². The van der Waals surface area contributed by atoms with Crippen LogP contribution in [0.3, 0.4) is 0 Å². The molecule has 134 valence electrons. The summed E-state index contributed by atoms with van der Waals surface area (Å²) in [5, 5.41) is 22.4. The van der Waals surface area contributed by atoms with Crippen LogP contribution in [0.5, 0.6) is 0 Å². The van der Waals surface area contributed by atoms with E-state index in [-0.39, 0.29) is 11.1 Å². The van der Waals surface area contributed by atoms with E-state index in [0.29, 0.717) is 0 Å². The van der Waals surface area contributed by atoms with E-state index in [0.717, 1.165) is 14.3 Å². The van der Waals surface area contributed by atoms with Crippen LogP contribution in [0.15, 0.2) is 72.8 Å². The molecule has 0 amide bonds. The molecule has 0 spiro atoms. The van der Waals surface area contributed by atoms with Crippen molar-refractivity contribution in [2.75, 3.05) is 0 Å². The van der Waals surface area contributed by atoms with Gasteiger partial charge in [-0.25, -0.2) is 0 Å². The fourth-order valence-corrected chi connectivity index (χ4v) is 7.15. The fraction of sp³-hybridized carbons (Fsp3) is 0. The van der Waals surface area contributed by atoms with Crippen LogP contribution in [0.4, 0.5) is 0 Å². The summed E-state index contributed by atoms with van der Waals surface area (Å²) >= 11 is -1.26. The summed E-state index contributed by atoms with van der Waals surface area (Å²) in [4.78, 5) is 22.4. The molecule has 0 saturated carbocycles. The van der Waals surface area contributed by atoms with Crippen LogP contribution in [0.2, 0.25) is 0 Å². The molecule has 4 nitrogen and oxygen atoms in total. The second-order valence-corrected chi connectivity index (χ2v) is 11.1. The molecular formula is C20H12I2O4-4. The minimum absolute atomic E-state index is 0.250. The molecule has 0 aliphatic heterocycles. The Labute approximate surface area is 171 Å². The number of carbonyl (C=O) groups is 2. The molecule has 26 heavy (non-hydrogen) atoms. The van der Waals surface area contributed by atoms with Gasteiger partial charge in [-0.1, -0.05) is 0 Å². The van der Waals surface area contributed by atoms with Crippen molar-refractivity contribution in [1.29, 1.82) is 0 Å². The monoisotopic (exact) mass is 570 g/mol. The first-order valence-electron chi connectivity index (χ1n) is 7.55. The van der Waals surface area contributed by atoms with E-state index in [1.54, 1.807) is 24.3 Å². The molecule has 0 atom stereocenters. The Bertz CT molecular complexity index is 874. The molecule has 0 heterocycles. The van der Waals surface area contributed by atoms with Gasteiger partial charge in [-0.3, -0.25) is 0 Å². The number of rotatable bonds is 6. The molecule has 3 aromatic rings. The Morgan fingerprint density at radius 2 is 0.923 bits per heavy atom. The number of carboxylic acids is 2. The molecule has 0 N–H and O–H groups in total. The third kappa shape index (κ3) is 4.61. The molecule has 0 bridgehead atoms. The minimum atomic E-state index is -1.15. The maximum atomic E-state index is 11.2. The average Bonchev–Trinajstić information content (AvgIpc) is 2.64. The maximum absolute atomic E-state index is 11.2. The average molecular weight is 570 g/mol. The van der Waals surface area contributed by atoms with Gasteiger partial charge in [-0.15, -0.1) is 0 Å². The van der Waals surface area contributed by atoms with Gasteiger partial charge in [0.05, 0.1) is 0 Å². The summed E-state index contributed by atoms with van der Waals surface area (Å²) in [6, 6.07) is 21.8. The molecule has 3 aromatic carbocycles. The van der Waals surface area contributed by atoms with Crippen molar-refractivity contribution in [3.8, 4) is 0 Å². The zero-order valence-electron chi connectivity index (χ0n) is 13.3. The fourth-order valence-electron chi connectivity index (χ4n) is 2.21. The van der Waals surface area contributed by atoms with E-state index in [4.69, 9.17) is 0 Å². The summed E-state index contributed by atoms with van der Waals surface area (Å²) in [5.74, 6) is -2.30. The van der Waals surface area contributed by atoms with Crippen LogP contribution in [0.1, 0.15) is 20.7 Å². The van der Waals surface area contributed by atoms with E-state index in [9.17, 15) is 19.8 Å². The van der Waals surface area contributed by atoms with Crippen molar-refractivity contribution in [2.24, 2.45) is 0 Å². The number of halogens is 2. The van der Waals surface area contributed by atoms with Crippen molar-refractivity contribution in [1.82, 2.24) is 0 Å². The van der Waals surface area contributed by atoms with Gasteiger partial charge < -0.3 is 0 Å². The molecular weight excluding hydrogens is 558 g/mol. The van der Waals surface area contributed by atoms with E-state index < -0.39 is 54.3 Å². The van der Waals surface area contributed by atoms with E-state index >= 15 is 0 Å². The van der Waals surface area contributed by atoms with Crippen molar-refractivity contribution >= 4 is 11.9 Å². The van der Waals surface area contributed by atoms with Crippen LogP contribution in [0, 0.1) is 14.3 Å². The van der Waals surface area contributed by atoms with Gasteiger partial charge in [0.1, 0.15) is 0 Å². The van der Waals surface area contributed by atoms with E-state index in [2.05, 4.69) is 0 Å². The van der Waals surface area contributed by atoms with Crippen molar-refractivity contribution in [3.63, 3.8) is 0 Å². The van der Waals surface area contributed by atoms with Gasteiger partial charge >= 0.3 is 172 Å². The first-order chi connectivity index (χ1) is 12.5. The van der Waals surface area contributed by atoms with Gasteiger partial charge in [-0.2, -0.15) is 0 Å². The van der Waals surface area contributed by atoms with E-state index in [1.165, 1.54) is 0 Å². The zero-order chi connectivity index (χ0) is 18.5. The molecule has 0 aliphatic carbocycles. The molecule has 0 unspecified atom stereocenters. The third-order valence-electron chi connectivity index (χ3n) is 3.41. The van der Waals surface area contributed by atoms with E-state index in [1.807, 2.05) is 48.5 Å². The normalized spacial score (nSPS) is 10.8. The molecule has 6 heteroatoms. The van der Waals surface area contributed by atoms with Crippen molar-refractivity contribution < 1.29 is 62.2 Å². The Balaban J connectivity index is 1.78. The Hall–Kier alpha value is -1.94. The van der Waals surface area contributed by atoms with Crippen LogP contribution >= 0.6 is 0 Å². The zero-order valence-corrected chi connectivity index (χ0v) is 17.6. The van der Waals surface area contributed by atoms with Gasteiger partial charge in [0, 0.05) is 0 Å². The van der Waals surface area contributed by atoms with Crippen LogP contribution in [-0.2, 0) is 0 Å². The van der Waals surface area contributed by atoms with Crippen LogP contribution in [0.25, 0.3) is 0 Å². The van der Waals surface area contributed by atoms with Crippen molar-refractivity contribution in [3.05, 3.63) is 98.2 Å². The first-order valence-corrected chi connectivity index (χ1v) is 11.9. The second kappa shape index (κ2) is 8.63. The first kappa shape index (κ1) is 18.8. The number of benzene rings is 3. The molecule has 0 radical (unpaired) electrons. The quantitative estimate of drug-likeness (QED) is 0.278. The number of carboxylic acid groups (broad SMARTS) is 2. The Morgan fingerprint density at radius 3 is 1.27 bits per heavy atom. The molecule has 0 fully saturated rings. The molecule has 0 aromatic heterocycles. The topological polar surface area (TPSA) is 80.3 Å². The summed E-state index contributed by atoms with van der Waals surface area (Å²) in [5.41, 5.74) is 0.499. The predicted octanol–water partition coefficient (Wildman–Crippen LogP) is -5.33. The number of aromatic carboxylic acids is 2. The second-order valence-electron chi connectivity index (χ2n) is 5.16. The third-order valence-corrected chi connectivity index (χ3v) is 9.14. The number of hydrogen-bond acceptors (Lipinski definition) is 4. The van der Waals surface area contributed by atoms with Gasteiger partial charge in [0.2, 0.25) is 0 Å². The summed E-state index contributed by atoms with van der Waals surface area (Å²) in [6.07, 6.45) is 0. The number of carbonyl (C=O) groups excluding carboxylic acids is 2. The standard InChI is InChI=1S/C20H14I2O4/c23-19(24)15-5-1-3-7-17(15)21-13-9-11-14(12-10-13)22-18-8-4-2-6-16(18)20(25)26/h1-12H,(H,23,24)(H,25,26)/q-2/p-2.